The second-order valence-corrected chi connectivity index (χ2v) is 6.02. The molecule has 1 aromatic carbocycles. The molecule has 1 fully saturated rings. The van der Waals surface area contributed by atoms with E-state index in [0.717, 1.165) is 24.1 Å². The Bertz CT molecular complexity index is 507. The van der Waals surface area contributed by atoms with Crippen LogP contribution in [0.25, 0.3) is 0 Å². The Morgan fingerprint density at radius 2 is 2.05 bits per heavy atom. The van der Waals surface area contributed by atoms with Gasteiger partial charge in [0.05, 0.1) is 10.4 Å². The summed E-state index contributed by atoms with van der Waals surface area (Å²) in [6.45, 7) is 2.21. The maximum atomic E-state index is 12.4. The predicted molar refractivity (Wildman–Crippen MR) is 83.5 cm³/mol. The summed E-state index contributed by atoms with van der Waals surface area (Å²) >= 11 is 5.07. The van der Waals surface area contributed by atoms with Crippen LogP contribution in [-0.2, 0) is 11.2 Å². The Balaban J connectivity index is 2.05. The van der Waals surface area contributed by atoms with Gasteiger partial charge in [0.15, 0.2) is 0 Å². The van der Waals surface area contributed by atoms with Crippen LogP contribution in [-0.4, -0.2) is 22.6 Å². The van der Waals surface area contributed by atoms with Crippen molar-refractivity contribution in [3.63, 3.8) is 0 Å². The highest BCUT2D eigenvalue weighted by Gasteiger charge is 2.50. The summed E-state index contributed by atoms with van der Waals surface area (Å²) in [7, 11) is 0. The molecular weight excluding hydrogens is 272 g/mol. The zero-order valence-corrected chi connectivity index (χ0v) is 12.4. The molecule has 1 aromatic rings. The SMILES string of the molecule is CC1CC(C(=O)Nc2ccc(CCO)cc2)(C(N)=S)C1. The van der Waals surface area contributed by atoms with Crippen molar-refractivity contribution in [1.82, 2.24) is 0 Å². The van der Waals surface area contributed by atoms with Crippen molar-refractivity contribution in [3.8, 4) is 0 Å². The molecule has 0 aliphatic heterocycles. The number of rotatable bonds is 5. The topological polar surface area (TPSA) is 75.3 Å². The molecule has 1 saturated carbocycles. The molecule has 0 unspecified atom stereocenters. The molecular formula is C15H20N2O2S. The lowest BCUT2D eigenvalue weighted by molar-refractivity contribution is -0.127. The Morgan fingerprint density at radius 1 is 1.45 bits per heavy atom. The van der Waals surface area contributed by atoms with Gasteiger partial charge in [0.25, 0.3) is 0 Å². The normalized spacial score (nSPS) is 24.8. The van der Waals surface area contributed by atoms with Gasteiger partial charge in [0.1, 0.15) is 0 Å². The molecule has 0 saturated heterocycles. The largest absolute Gasteiger partial charge is 0.396 e. The van der Waals surface area contributed by atoms with E-state index in [1.54, 1.807) is 0 Å². The molecule has 1 amide bonds. The quantitative estimate of drug-likeness (QED) is 0.724. The maximum absolute atomic E-state index is 12.4. The van der Waals surface area contributed by atoms with E-state index in [2.05, 4.69) is 12.2 Å². The van der Waals surface area contributed by atoms with Gasteiger partial charge in [0.2, 0.25) is 5.91 Å². The smallest absolute Gasteiger partial charge is 0.237 e. The van der Waals surface area contributed by atoms with Crippen molar-refractivity contribution in [1.29, 1.82) is 0 Å². The number of hydrogen-bond donors (Lipinski definition) is 3. The molecule has 1 aliphatic carbocycles. The van der Waals surface area contributed by atoms with Gasteiger partial charge >= 0.3 is 0 Å². The summed E-state index contributed by atoms with van der Waals surface area (Å²) in [4.78, 5) is 12.7. The number of carbonyl (C=O) groups excluding carboxylic acids is 1. The van der Waals surface area contributed by atoms with Crippen LogP contribution in [0.15, 0.2) is 24.3 Å². The molecule has 4 nitrogen and oxygen atoms in total. The summed E-state index contributed by atoms with van der Waals surface area (Å²) in [6, 6.07) is 7.45. The zero-order chi connectivity index (χ0) is 14.8. The average molecular weight is 292 g/mol. The van der Waals surface area contributed by atoms with Crippen molar-refractivity contribution in [2.24, 2.45) is 17.1 Å². The van der Waals surface area contributed by atoms with Crippen molar-refractivity contribution in [2.75, 3.05) is 11.9 Å². The van der Waals surface area contributed by atoms with Gasteiger partial charge in [-0.1, -0.05) is 31.3 Å². The summed E-state index contributed by atoms with van der Waals surface area (Å²) in [5.74, 6) is 0.368. The average Bonchev–Trinajstić information content (AvgIpc) is 2.37. The first-order valence-corrected chi connectivity index (χ1v) is 7.20. The van der Waals surface area contributed by atoms with Gasteiger partial charge in [-0.15, -0.1) is 0 Å². The van der Waals surface area contributed by atoms with Crippen LogP contribution in [0.4, 0.5) is 5.69 Å². The van der Waals surface area contributed by atoms with E-state index in [-0.39, 0.29) is 17.5 Å². The number of aliphatic hydroxyl groups excluding tert-OH is 1. The highest BCUT2D eigenvalue weighted by Crippen LogP contribution is 2.46. The van der Waals surface area contributed by atoms with E-state index >= 15 is 0 Å². The third-order valence-corrected chi connectivity index (χ3v) is 4.30. The third-order valence-electron chi connectivity index (χ3n) is 3.91. The molecule has 0 heterocycles. The minimum atomic E-state index is -0.682. The third kappa shape index (κ3) is 2.83. The van der Waals surface area contributed by atoms with Crippen LogP contribution in [0.2, 0.25) is 0 Å². The number of carbonyl (C=O) groups is 1. The summed E-state index contributed by atoms with van der Waals surface area (Å²) in [5.41, 5.74) is 6.84. The number of aliphatic hydroxyl groups is 1. The first-order chi connectivity index (χ1) is 9.48. The second-order valence-electron chi connectivity index (χ2n) is 5.58. The van der Waals surface area contributed by atoms with Crippen molar-refractivity contribution < 1.29 is 9.90 Å². The molecule has 5 heteroatoms. The predicted octanol–water partition coefficient (Wildman–Crippen LogP) is 1.86. The lowest BCUT2D eigenvalue weighted by Gasteiger charge is -2.44. The lowest BCUT2D eigenvalue weighted by Crippen LogP contribution is -2.53. The van der Waals surface area contributed by atoms with Gasteiger partial charge in [-0.3, -0.25) is 4.79 Å². The van der Waals surface area contributed by atoms with Crippen LogP contribution in [0, 0.1) is 11.3 Å². The fraction of sp³-hybridized carbons (Fsp3) is 0.467. The molecule has 0 aromatic heterocycles. The monoisotopic (exact) mass is 292 g/mol. The van der Waals surface area contributed by atoms with Crippen molar-refractivity contribution in [3.05, 3.63) is 29.8 Å². The van der Waals surface area contributed by atoms with Crippen LogP contribution < -0.4 is 11.1 Å². The lowest BCUT2D eigenvalue weighted by atomic mass is 9.62. The molecule has 2 rings (SSSR count). The van der Waals surface area contributed by atoms with Gasteiger partial charge < -0.3 is 16.2 Å². The fourth-order valence-corrected chi connectivity index (χ4v) is 3.02. The van der Waals surface area contributed by atoms with Crippen LogP contribution >= 0.6 is 12.2 Å². The minimum absolute atomic E-state index is 0.113. The Hall–Kier alpha value is -1.46. The van der Waals surface area contributed by atoms with E-state index in [1.807, 2.05) is 24.3 Å². The van der Waals surface area contributed by atoms with E-state index in [1.165, 1.54) is 0 Å². The molecule has 0 atom stereocenters. The molecule has 4 N–H and O–H groups in total. The minimum Gasteiger partial charge on any atom is -0.396 e. The van der Waals surface area contributed by atoms with E-state index in [9.17, 15) is 4.79 Å². The number of nitrogens with two attached hydrogens (primary N) is 1. The van der Waals surface area contributed by atoms with Crippen LogP contribution in [0.1, 0.15) is 25.3 Å². The summed E-state index contributed by atoms with van der Waals surface area (Å²) < 4.78 is 0. The molecule has 1 aliphatic rings. The first-order valence-electron chi connectivity index (χ1n) is 6.79. The molecule has 108 valence electrons. The number of anilines is 1. The van der Waals surface area contributed by atoms with E-state index in [4.69, 9.17) is 23.1 Å². The Labute approximate surface area is 124 Å². The first kappa shape index (κ1) is 14.9. The second kappa shape index (κ2) is 5.89. The van der Waals surface area contributed by atoms with Gasteiger partial charge in [-0.2, -0.15) is 0 Å². The molecule has 0 spiro atoms. The van der Waals surface area contributed by atoms with Crippen LogP contribution in [0.3, 0.4) is 0 Å². The zero-order valence-electron chi connectivity index (χ0n) is 11.6. The van der Waals surface area contributed by atoms with Crippen LogP contribution in [0.5, 0.6) is 0 Å². The standard InChI is InChI=1S/C15H20N2O2S/c1-10-8-15(9-10,13(16)20)14(19)17-12-4-2-11(3-5-12)6-7-18/h2-5,10,18H,6-9H2,1H3,(H2,16,20)(H,17,19). The van der Waals surface area contributed by atoms with Crippen molar-refractivity contribution >= 4 is 28.8 Å². The highest BCUT2D eigenvalue weighted by atomic mass is 32.1. The maximum Gasteiger partial charge on any atom is 0.237 e. The number of hydrogen-bond acceptors (Lipinski definition) is 3. The van der Waals surface area contributed by atoms with Gasteiger partial charge in [-0.25, -0.2) is 0 Å². The van der Waals surface area contributed by atoms with E-state index < -0.39 is 5.41 Å². The highest BCUT2D eigenvalue weighted by molar-refractivity contribution is 7.80. The molecule has 20 heavy (non-hydrogen) atoms. The Kier molecular flexibility index (Phi) is 4.40. The van der Waals surface area contributed by atoms with Gasteiger partial charge in [-0.05, 0) is 42.9 Å². The number of benzene rings is 1. The fourth-order valence-electron chi connectivity index (χ4n) is 2.76. The van der Waals surface area contributed by atoms with Crippen molar-refractivity contribution in [2.45, 2.75) is 26.2 Å². The number of nitrogens with one attached hydrogen (secondary N) is 1. The molecule has 0 bridgehead atoms. The Morgan fingerprint density at radius 3 is 2.50 bits per heavy atom. The number of thiocarbonyl (C=S) groups is 1. The van der Waals surface area contributed by atoms with E-state index in [0.29, 0.717) is 12.3 Å². The van der Waals surface area contributed by atoms with Gasteiger partial charge in [0, 0.05) is 12.3 Å². The number of amides is 1. The summed E-state index contributed by atoms with van der Waals surface area (Å²) in [6.07, 6.45) is 2.05. The molecule has 0 radical (unpaired) electrons. The summed E-state index contributed by atoms with van der Waals surface area (Å²) in [5, 5.41) is 11.8.